The smallest absolute Gasteiger partial charge is 0.141 e. The minimum Gasteiger partial charge on any atom is -0.508 e. The summed E-state index contributed by atoms with van der Waals surface area (Å²) in [5.41, 5.74) is 2.21. The number of benzene rings is 2. The zero-order valence-corrected chi connectivity index (χ0v) is 10.2. The van der Waals surface area contributed by atoms with Crippen molar-refractivity contribution in [1.82, 2.24) is 0 Å². The van der Waals surface area contributed by atoms with Crippen LogP contribution in [0.5, 0.6) is 11.5 Å². The SMILES string of the molecule is Cc1c(O)cc(Cc2ccccc2)c(Cl)c1O. The summed E-state index contributed by atoms with van der Waals surface area (Å²) >= 11 is 6.06. The van der Waals surface area contributed by atoms with E-state index in [9.17, 15) is 10.2 Å². The van der Waals surface area contributed by atoms with Crippen molar-refractivity contribution in [1.29, 1.82) is 0 Å². The molecule has 0 aliphatic heterocycles. The third-order valence-electron chi connectivity index (χ3n) is 2.78. The Morgan fingerprint density at radius 3 is 2.41 bits per heavy atom. The van der Waals surface area contributed by atoms with Crippen LogP contribution in [0, 0.1) is 6.92 Å². The summed E-state index contributed by atoms with van der Waals surface area (Å²) < 4.78 is 0. The highest BCUT2D eigenvalue weighted by atomic mass is 35.5. The minimum atomic E-state index is -0.0439. The van der Waals surface area contributed by atoms with Gasteiger partial charge in [-0.25, -0.2) is 0 Å². The van der Waals surface area contributed by atoms with Gasteiger partial charge in [0.2, 0.25) is 0 Å². The molecule has 0 saturated heterocycles. The van der Waals surface area contributed by atoms with Gasteiger partial charge in [0.25, 0.3) is 0 Å². The average Bonchev–Trinajstić information content (AvgIpc) is 2.35. The van der Waals surface area contributed by atoms with Crippen molar-refractivity contribution in [3.05, 3.63) is 58.1 Å². The summed E-state index contributed by atoms with van der Waals surface area (Å²) in [6.45, 7) is 1.63. The van der Waals surface area contributed by atoms with E-state index in [1.807, 2.05) is 30.3 Å². The first kappa shape index (κ1) is 11.8. The van der Waals surface area contributed by atoms with E-state index < -0.39 is 0 Å². The van der Waals surface area contributed by atoms with E-state index in [-0.39, 0.29) is 11.5 Å². The van der Waals surface area contributed by atoms with E-state index in [1.165, 1.54) is 0 Å². The van der Waals surface area contributed by atoms with Crippen molar-refractivity contribution in [2.45, 2.75) is 13.3 Å². The van der Waals surface area contributed by atoms with Crippen molar-refractivity contribution < 1.29 is 10.2 Å². The summed E-state index contributed by atoms with van der Waals surface area (Å²) in [6, 6.07) is 11.4. The van der Waals surface area contributed by atoms with Gasteiger partial charge in [0.05, 0.1) is 5.02 Å². The monoisotopic (exact) mass is 248 g/mol. The first-order chi connectivity index (χ1) is 8.09. The molecule has 0 radical (unpaired) electrons. The Morgan fingerprint density at radius 1 is 1.12 bits per heavy atom. The maximum absolute atomic E-state index is 9.75. The first-order valence-electron chi connectivity index (χ1n) is 5.33. The highest BCUT2D eigenvalue weighted by Gasteiger charge is 2.12. The lowest BCUT2D eigenvalue weighted by Gasteiger charge is -2.10. The Kier molecular flexibility index (Phi) is 3.25. The Labute approximate surface area is 105 Å². The molecule has 0 amide bonds. The molecule has 0 atom stereocenters. The number of halogens is 1. The van der Waals surface area contributed by atoms with Crippen molar-refractivity contribution in [3.8, 4) is 11.5 Å². The fraction of sp³-hybridized carbons (Fsp3) is 0.143. The lowest BCUT2D eigenvalue weighted by molar-refractivity contribution is 0.442. The number of aromatic hydroxyl groups is 2. The topological polar surface area (TPSA) is 40.5 Å². The van der Waals surface area contributed by atoms with E-state index >= 15 is 0 Å². The molecule has 0 aliphatic carbocycles. The number of rotatable bonds is 2. The predicted octanol–water partition coefficient (Wildman–Crippen LogP) is 3.65. The van der Waals surface area contributed by atoms with Crippen LogP contribution in [0.4, 0.5) is 0 Å². The van der Waals surface area contributed by atoms with E-state index in [1.54, 1.807) is 13.0 Å². The Hall–Kier alpha value is -1.67. The van der Waals surface area contributed by atoms with Crippen molar-refractivity contribution in [2.75, 3.05) is 0 Å². The first-order valence-corrected chi connectivity index (χ1v) is 5.71. The molecule has 0 aliphatic rings. The van der Waals surface area contributed by atoms with Gasteiger partial charge in [0.1, 0.15) is 11.5 Å². The van der Waals surface area contributed by atoms with Crippen LogP contribution in [0.25, 0.3) is 0 Å². The normalized spacial score (nSPS) is 10.5. The molecule has 17 heavy (non-hydrogen) atoms. The van der Waals surface area contributed by atoms with E-state index in [0.717, 1.165) is 11.1 Å². The van der Waals surface area contributed by atoms with Crippen LogP contribution >= 0.6 is 11.6 Å². The summed E-state index contributed by atoms with van der Waals surface area (Å²) in [4.78, 5) is 0. The number of phenolic OH excluding ortho intramolecular Hbond substituents is 2. The maximum atomic E-state index is 9.75. The largest absolute Gasteiger partial charge is 0.508 e. The molecule has 0 fully saturated rings. The highest BCUT2D eigenvalue weighted by molar-refractivity contribution is 6.33. The zero-order valence-electron chi connectivity index (χ0n) is 9.44. The van der Waals surface area contributed by atoms with E-state index in [4.69, 9.17) is 11.6 Å². The maximum Gasteiger partial charge on any atom is 0.141 e. The second-order valence-electron chi connectivity index (χ2n) is 4.00. The molecular weight excluding hydrogens is 236 g/mol. The molecular formula is C14H13ClO2. The molecule has 3 heteroatoms. The van der Waals surface area contributed by atoms with Gasteiger partial charge in [-0.05, 0) is 30.5 Å². The van der Waals surface area contributed by atoms with Gasteiger partial charge < -0.3 is 10.2 Å². The van der Waals surface area contributed by atoms with Crippen LogP contribution in [0.15, 0.2) is 36.4 Å². The van der Waals surface area contributed by atoms with Crippen LogP contribution < -0.4 is 0 Å². The Morgan fingerprint density at radius 2 is 1.76 bits per heavy atom. The molecule has 2 rings (SSSR count). The van der Waals surface area contributed by atoms with E-state index in [0.29, 0.717) is 17.0 Å². The summed E-state index contributed by atoms with van der Waals surface area (Å²) in [7, 11) is 0. The van der Waals surface area contributed by atoms with Crippen molar-refractivity contribution in [2.24, 2.45) is 0 Å². The third kappa shape index (κ3) is 2.37. The second kappa shape index (κ2) is 4.68. The summed E-state index contributed by atoms with van der Waals surface area (Å²) in [6.07, 6.45) is 0.584. The second-order valence-corrected chi connectivity index (χ2v) is 4.38. The van der Waals surface area contributed by atoms with Crippen molar-refractivity contribution >= 4 is 11.6 Å². The molecule has 0 spiro atoms. The van der Waals surface area contributed by atoms with Gasteiger partial charge in [-0.15, -0.1) is 0 Å². The molecule has 2 nitrogen and oxygen atoms in total. The fourth-order valence-corrected chi connectivity index (χ4v) is 1.98. The third-order valence-corrected chi connectivity index (χ3v) is 3.20. The average molecular weight is 249 g/mol. The molecule has 0 heterocycles. The molecule has 2 aromatic carbocycles. The zero-order chi connectivity index (χ0) is 12.4. The predicted molar refractivity (Wildman–Crippen MR) is 68.8 cm³/mol. The Bertz CT molecular complexity index is 536. The number of hydrogen-bond donors (Lipinski definition) is 2. The van der Waals surface area contributed by atoms with Gasteiger partial charge in [-0.3, -0.25) is 0 Å². The van der Waals surface area contributed by atoms with Gasteiger partial charge in [0, 0.05) is 5.56 Å². The molecule has 0 aromatic heterocycles. The minimum absolute atomic E-state index is 0.0439. The van der Waals surface area contributed by atoms with Crippen LogP contribution in [-0.2, 0) is 6.42 Å². The molecule has 88 valence electrons. The highest BCUT2D eigenvalue weighted by Crippen LogP contribution is 2.37. The molecule has 2 aromatic rings. The molecule has 2 N–H and O–H groups in total. The number of hydrogen-bond acceptors (Lipinski definition) is 2. The van der Waals surface area contributed by atoms with Crippen LogP contribution in [0.1, 0.15) is 16.7 Å². The van der Waals surface area contributed by atoms with Crippen LogP contribution in [-0.4, -0.2) is 10.2 Å². The fourth-order valence-electron chi connectivity index (χ4n) is 1.72. The summed E-state index contributed by atoms with van der Waals surface area (Å²) in [5.74, 6) is 0.0235. The molecule has 0 saturated carbocycles. The van der Waals surface area contributed by atoms with Gasteiger partial charge >= 0.3 is 0 Å². The Balaban J connectivity index is 2.41. The van der Waals surface area contributed by atoms with Crippen molar-refractivity contribution in [3.63, 3.8) is 0 Å². The van der Waals surface area contributed by atoms with Gasteiger partial charge in [-0.2, -0.15) is 0 Å². The van der Waals surface area contributed by atoms with E-state index in [2.05, 4.69) is 0 Å². The van der Waals surface area contributed by atoms with Gasteiger partial charge in [0.15, 0.2) is 0 Å². The van der Waals surface area contributed by atoms with Gasteiger partial charge in [-0.1, -0.05) is 41.9 Å². The quantitative estimate of drug-likeness (QED) is 0.852. The van der Waals surface area contributed by atoms with Crippen LogP contribution in [0.3, 0.4) is 0 Å². The lowest BCUT2D eigenvalue weighted by atomic mass is 10.0. The summed E-state index contributed by atoms with van der Waals surface area (Å²) in [5, 5.41) is 19.7. The lowest BCUT2D eigenvalue weighted by Crippen LogP contribution is -1.91. The number of phenols is 2. The van der Waals surface area contributed by atoms with Crippen LogP contribution in [0.2, 0.25) is 5.02 Å². The standard InChI is InChI=1S/C14H13ClO2/c1-9-12(16)8-11(13(15)14(9)17)7-10-5-3-2-4-6-10/h2-6,8,16-17H,7H2,1H3. The molecule has 0 unspecified atom stereocenters. The molecule has 0 bridgehead atoms.